The van der Waals surface area contributed by atoms with Crippen LogP contribution in [0.3, 0.4) is 0 Å². The predicted octanol–water partition coefficient (Wildman–Crippen LogP) is 4.61. The Morgan fingerprint density at radius 3 is 2.65 bits per heavy atom. The van der Waals surface area contributed by atoms with E-state index in [1.807, 2.05) is 48.5 Å². The van der Waals surface area contributed by atoms with Crippen LogP contribution in [-0.2, 0) is 12.8 Å². The fourth-order valence-corrected chi connectivity index (χ4v) is 3.74. The number of rotatable bonds is 7. The Labute approximate surface area is 180 Å². The summed E-state index contributed by atoms with van der Waals surface area (Å²) >= 11 is 0. The first-order valence-electron chi connectivity index (χ1n) is 10.4. The van der Waals surface area contributed by atoms with Gasteiger partial charge in [-0.15, -0.1) is 0 Å². The first-order chi connectivity index (χ1) is 15.1. The zero-order valence-electron chi connectivity index (χ0n) is 17.4. The van der Waals surface area contributed by atoms with Crippen molar-refractivity contribution in [3.8, 4) is 17.4 Å². The molecular formula is C25H25N3O3. The van der Waals surface area contributed by atoms with E-state index in [1.165, 1.54) is 4.57 Å². The number of unbranched alkanes of at least 4 members (excludes halogenated alkanes) is 1. The van der Waals surface area contributed by atoms with E-state index in [0.717, 1.165) is 29.5 Å². The second-order valence-corrected chi connectivity index (χ2v) is 7.54. The van der Waals surface area contributed by atoms with Gasteiger partial charge in [-0.1, -0.05) is 55.8 Å². The summed E-state index contributed by atoms with van der Waals surface area (Å²) in [6, 6.07) is 16.5. The lowest BCUT2D eigenvalue weighted by Crippen LogP contribution is -2.11. The molecule has 0 amide bonds. The number of aromatic hydroxyl groups is 2. The Hall–Kier alpha value is -3.80. The fourth-order valence-electron chi connectivity index (χ4n) is 3.74. The number of allylic oxidation sites excluding steroid dienone is 2. The molecule has 2 aromatic carbocycles. The topological polar surface area (TPSA) is 91.1 Å². The zero-order chi connectivity index (χ0) is 21.8. The van der Waals surface area contributed by atoms with Gasteiger partial charge in [-0.25, -0.2) is 5.10 Å². The standard InChI is InChI=1S/C25H25N3O3/c1-2-3-4-5-10-18-16-23(29)28(25(18)31)19-11-8-9-17(14-19)15-22-20-12-6-7-13-21(20)24(30)27-26-22/h4-9,11-14,16,29,31H,2-3,10,15H2,1H3,(H,27,30). The number of fused-ring (bicyclic) bond motifs is 1. The van der Waals surface area contributed by atoms with Gasteiger partial charge in [0.1, 0.15) is 0 Å². The van der Waals surface area contributed by atoms with Crippen molar-refractivity contribution < 1.29 is 10.2 Å². The first kappa shape index (κ1) is 20.5. The lowest BCUT2D eigenvalue weighted by atomic mass is 10.0. The van der Waals surface area contributed by atoms with Gasteiger partial charge in [-0.2, -0.15) is 5.10 Å². The highest BCUT2D eigenvalue weighted by molar-refractivity contribution is 5.83. The van der Waals surface area contributed by atoms with Crippen LogP contribution in [0.4, 0.5) is 0 Å². The number of nitrogens with zero attached hydrogens (tertiary/aromatic N) is 2. The van der Waals surface area contributed by atoms with E-state index in [9.17, 15) is 15.0 Å². The van der Waals surface area contributed by atoms with E-state index >= 15 is 0 Å². The van der Waals surface area contributed by atoms with Crippen LogP contribution in [0.1, 0.15) is 36.6 Å². The molecule has 158 valence electrons. The number of nitrogens with one attached hydrogen (secondary N) is 1. The summed E-state index contributed by atoms with van der Waals surface area (Å²) < 4.78 is 1.44. The molecule has 4 aromatic rings. The molecule has 4 rings (SSSR count). The van der Waals surface area contributed by atoms with Crippen LogP contribution in [-0.4, -0.2) is 25.0 Å². The molecule has 6 nitrogen and oxygen atoms in total. The van der Waals surface area contributed by atoms with Crippen molar-refractivity contribution in [1.82, 2.24) is 14.8 Å². The highest BCUT2D eigenvalue weighted by atomic mass is 16.3. The van der Waals surface area contributed by atoms with Crippen LogP contribution in [0, 0.1) is 0 Å². The third-order valence-corrected chi connectivity index (χ3v) is 5.31. The molecule has 0 aliphatic carbocycles. The molecule has 0 saturated carbocycles. The predicted molar refractivity (Wildman–Crippen MR) is 122 cm³/mol. The van der Waals surface area contributed by atoms with E-state index in [2.05, 4.69) is 23.2 Å². The highest BCUT2D eigenvalue weighted by Gasteiger charge is 2.15. The number of benzene rings is 2. The van der Waals surface area contributed by atoms with Crippen molar-refractivity contribution in [3.05, 3.63) is 93.9 Å². The van der Waals surface area contributed by atoms with Crippen LogP contribution >= 0.6 is 0 Å². The van der Waals surface area contributed by atoms with Gasteiger partial charge in [0.25, 0.3) is 5.56 Å². The summed E-state index contributed by atoms with van der Waals surface area (Å²) in [5.74, 6) is 0.0181. The molecule has 0 radical (unpaired) electrons. The molecule has 0 atom stereocenters. The highest BCUT2D eigenvalue weighted by Crippen LogP contribution is 2.32. The van der Waals surface area contributed by atoms with Crippen LogP contribution in [0.5, 0.6) is 11.8 Å². The minimum atomic E-state index is -0.212. The summed E-state index contributed by atoms with van der Waals surface area (Å²) in [6.07, 6.45) is 7.20. The van der Waals surface area contributed by atoms with Gasteiger partial charge in [-0.05, 0) is 36.6 Å². The molecule has 3 N–H and O–H groups in total. The molecule has 31 heavy (non-hydrogen) atoms. The van der Waals surface area contributed by atoms with Crippen LogP contribution in [0.15, 0.2) is 71.5 Å². The molecule has 0 aliphatic rings. The van der Waals surface area contributed by atoms with Crippen molar-refractivity contribution in [2.45, 2.75) is 32.6 Å². The molecule has 2 aromatic heterocycles. The molecule has 0 spiro atoms. The van der Waals surface area contributed by atoms with E-state index in [0.29, 0.717) is 29.5 Å². The van der Waals surface area contributed by atoms with Crippen molar-refractivity contribution in [2.24, 2.45) is 0 Å². The maximum atomic E-state index is 12.0. The Kier molecular flexibility index (Phi) is 5.89. The first-order valence-corrected chi connectivity index (χ1v) is 10.4. The Bertz CT molecular complexity index is 1300. The maximum absolute atomic E-state index is 12.0. The zero-order valence-corrected chi connectivity index (χ0v) is 17.4. The van der Waals surface area contributed by atoms with Gasteiger partial charge >= 0.3 is 0 Å². The smallest absolute Gasteiger partial charge is 0.272 e. The van der Waals surface area contributed by atoms with Crippen LogP contribution < -0.4 is 5.56 Å². The second-order valence-electron chi connectivity index (χ2n) is 7.54. The molecular weight excluding hydrogens is 390 g/mol. The second kappa shape index (κ2) is 8.92. The SMILES string of the molecule is CCCC=CCc1cc(O)n(-c2cccc(Cc3n[nH]c(=O)c4ccccc34)c2)c1O. The van der Waals surface area contributed by atoms with Crippen molar-refractivity contribution >= 4 is 10.8 Å². The molecule has 2 heterocycles. The van der Waals surface area contributed by atoms with E-state index in [-0.39, 0.29) is 17.3 Å². The largest absolute Gasteiger partial charge is 0.494 e. The van der Waals surface area contributed by atoms with Gasteiger partial charge in [0.05, 0.1) is 16.8 Å². The molecule has 0 saturated heterocycles. The molecule has 6 heteroatoms. The average Bonchev–Trinajstić information content (AvgIpc) is 3.06. The third kappa shape index (κ3) is 4.23. The van der Waals surface area contributed by atoms with Gasteiger partial charge in [0.15, 0.2) is 5.88 Å². The molecule has 0 bridgehead atoms. The maximum Gasteiger partial charge on any atom is 0.272 e. The van der Waals surface area contributed by atoms with Crippen molar-refractivity contribution in [1.29, 1.82) is 0 Å². The number of aromatic amines is 1. The van der Waals surface area contributed by atoms with Crippen LogP contribution in [0.2, 0.25) is 0 Å². The summed E-state index contributed by atoms with van der Waals surface area (Å²) in [5, 5.41) is 29.4. The van der Waals surface area contributed by atoms with Gasteiger partial charge in [-0.3, -0.25) is 9.36 Å². The Morgan fingerprint density at radius 2 is 1.84 bits per heavy atom. The fraction of sp³-hybridized carbons (Fsp3) is 0.200. The lowest BCUT2D eigenvalue weighted by Gasteiger charge is -2.10. The third-order valence-electron chi connectivity index (χ3n) is 5.31. The minimum Gasteiger partial charge on any atom is -0.494 e. The number of aromatic nitrogens is 3. The van der Waals surface area contributed by atoms with E-state index in [1.54, 1.807) is 12.1 Å². The van der Waals surface area contributed by atoms with Gasteiger partial charge < -0.3 is 10.2 Å². The van der Waals surface area contributed by atoms with Crippen molar-refractivity contribution in [3.63, 3.8) is 0 Å². The minimum absolute atomic E-state index is 0.0128. The quantitative estimate of drug-likeness (QED) is 0.384. The van der Waals surface area contributed by atoms with Gasteiger partial charge in [0.2, 0.25) is 5.88 Å². The molecule has 0 unspecified atom stereocenters. The number of hydrogen-bond donors (Lipinski definition) is 3. The van der Waals surface area contributed by atoms with Gasteiger partial charge in [0, 0.05) is 23.4 Å². The van der Waals surface area contributed by atoms with E-state index < -0.39 is 0 Å². The summed E-state index contributed by atoms with van der Waals surface area (Å²) in [4.78, 5) is 12.0. The number of H-pyrrole nitrogens is 1. The summed E-state index contributed by atoms with van der Waals surface area (Å²) in [6.45, 7) is 2.11. The normalized spacial score (nSPS) is 11.5. The average molecular weight is 415 g/mol. The Morgan fingerprint density at radius 1 is 1.03 bits per heavy atom. The summed E-state index contributed by atoms with van der Waals surface area (Å²) in [7, 11) is 0. The lowest BCUT2D eigenvalue weighted by molar-refractivity contribution is 0.401. The molecule has 0 fully saturated rings. The van der Waals surface area contributed by atoms with Crippen LogP contribution in [0.25, 0.3) is 16.5 Å². The van der Waals surface area contributed by atoms with Crippen molar-refractivity contribution in [2.75, 3.05) is 0 Å². The Balaban J connectivity index is 1.65. The summed E-state index contributed by atoms with van der Waals surface area (Å²) in [5.41, 5.74) is 2.82. The monoisotopic (exact) mass is 415 g/mol. The number of hydrogen-bond acceptors (Lipinski definition) is 4. The molecule has 0 aliphatic heterocycles. The van der Waals surface area contributed by atoms with E-state index in [4.69, 9.17) is 0 Å².